The molecule has 2 fully saturated rings. The SMILES string of the molecule is COc1ccc(C2(C#N)CC[C@H](C(N)=O)C[C@@H]2OC)cc1OCC1CC1. The number of nitrogens with zero attached hydrogens (tertiary/aromatic N) is 1. The van der Waals surface area contributed by atoms with Crippen molar-refractivity contribution in [3.05, 3.63) is 23.8 Å². The number of primary amides is 1. The highest BCUT2D eigenvalue weighted by molar-refractivity contribution is 5.77. The monoisotopic (exact) mass is 358 g/mol. The van der Waals surface area contributed by atoms with Gasteiger partial charge < -0.3 is 19.9 Å². The number of hydrogen-bond acceptors (Lipinski definition) is 5. The topological polar surface area (TPSA) is 94.6 Å². The standard InChI is InChI=1S/C20H26N2O4/c1-24-16-6-5-15(10-17(16)26-11-13-3-4-13)20(12-21)8-7-14(19(22)23)9-18(20)25-2/h5-6,10,13-14,18H,3-4,7-9,11H2,1-2H3,(H2,22,23)/t14-,18-,20?/m0/s1. The summed E-state index contributed by atoms with van der Waals surface area (Å²) in [6.45, 7) is 0.664. The number of methoxy groups -OCH3 is 2. The fourth-order valence-corrected chi connectivity index (χ4v) is 3.78. The molecule has 3 atom stereocenters. The van der Waals surface area contributed by atoms with Crippen LogP contribution >= 0.6 is 0 Å². The van der Waals surface area contributed by atoms with Crippen molar-refractivity contribution in [2.45, 2.75) is 43.6 Å². The molecule has 0 radical (unpaired) electrons. The molecule has 2 N–H and O–H groups in total. The highest BCUT2D eigenvalue weighted by atomic mass is 16.5. The summed E-state index contributed by atoms with van der Waals surface area (Å²) in [5.41, 5.74) is 5.48. The molecule has 1 aromatic carbocycles. The Hall–Kier alpha value is -2.26. The van der Waals surface area contributed by atoms with Gasteiger partial charge in [0.1, 0.15) is 5.41 Å². The molecular formula is C20H26N2O4. The third kappa shape index (κ3) is 3.49. The minimum atomic E-state index is -0.829. The number of rotatable bonds is 7. The number of amides is 1. The number of benzene rings is 1. The van der Waals surface area contributed by atoms with E-state index in [9.17, 15) is 10.1 Å². The Morgan fingerprint density at radius 3 is 2.65 bits per heavy atom. The largest absolute Gasteiger partial charge is 0.493 e. The zero-order valence-electron chi connectivity index (χ0n) is 15.4. The van der Waals surface area contributed by atoms with Crippen LogP contribution in [-0.4, -0.2) is 32.8 Å². The zero-order chi connectivity index (χ0) is 18.7. The first kappa shape index (κ1) is 18.5. The Bertz CT molecular complexity index is 710. The van der Waals surface area contributed by atoms with Crippen LogP contribution in [0.5, 0.6) is 11.5 Å². The lowest BCUT2D eigenvalue weighted by molar-refractivity contribution is -0.125. The van der Waals surface area contributed by atoms with E-state index in [4.69, 9.17) is 19.9 Å². The van der Waals surface area contributed by atoms with Crippen molar-refractivity contribution >= 4 is 5.91 Å². The number of ether oxygens (including phenoxy) is 3. The molecule has 0 aromatic heterocycles. The molecule has 2 aliphatic rings. The Labute approximate surface area is 154 Å². The van der Waals surface area contributed by atoms with Gasteiger partial charge in [-0.1, -0.05) is 6.07 Å². The van der Waals surface area contributed by atoms with Crippen LogP contribution in [-0.2, 0) is 14.9 Å². The van der Waals surface area contributed by atoms with Gasteiger partial charge in [-0.2, -0.15) is 5.26 Å². The van der Waals surface area contributed by atoms with Crippen molar-refractivity contribution in [3.63, 3.8) is 0 Å². The van der Waals surface area contributed by atoms with Gasteiger partial charge in [0.15, 0.2) is 11.5 Å². The first-order chi connectivity index (χ1) is 12.5. The van der Waals surface area contributed by atoms with E-state index in [2.05, 4.69) is 6.07 Å². The average Bonchev–Trinajstić information content (AvgIpc) is 3.49. The quantitative estimate of drug-likeness (QED) is 0.808. The predicted molar refractivity (Wildman–Crippen MR) is 95.8 cm³/mol. The van der Waals surface area contributed by atoms with Crippen LogP contribution in [0.25, 0.3) is 0 Å². The van der Waals surface area contributed by atoms with Gasteiger partial charge in [-0.05, 0) is 55.7 Å². The Morgan fingerprint density at radius 1 is 1.31 bits per heavy atom. The van der Waals surface area contributed by atoms with E-state index in [1.165, 1.54) is 12.8 Å². The summed E-state index contributed by atoms with van der Waals surface area (Å²) in [4.78, 5) is 11.6. The number of carbonyl (C=O) groups excluding carboxylic acids is 1. The van der Waals surface area contributed by atoms with Crippen molar-refractivity contribution in [2.75, 3.05) is 20.8 Å². The summed E-state index contributed by atoms with van der Waals surface area (Å²) in [6, 6.07) is 8.08. The van der Waals surface area contributed by atoms with Crippen LogP contribution in [0.3, 0.4) is 0 Å². The van der Waals surface area contributed by atoms with Gasteiger partial charge in [0, 0.05) is 13.0 Å². The van der Waals surface area contributed by atoms with Crippen molar-refractivity contribution < 1.29 is 19.0 Å². The van der Waals surface area contributed by atoms with Gasteiger partial charge >= 0.3 is 0 Å². The number of nitrogens with two attached hydrogens (primary N) is 1. The lowest BCUT2D eigenvalue weighted by Crippen LogP contribution is -2.47. The van der Waals surface area contributed by atoms with Crippen LogP contribution in [0.1, 0.15) is 37.7 Å². The minimum Gasteiger partial charge on any atom is -0.493 e. The lowest BCUT2D eigenvalue weighted by atomic mass is 9.65. The van der Waals surface area contributed by atoms with Gasteiger partial charge in [0.05, 0.1) is 25.9 Å². The van der Waals surface area contributed by atoms with Crippen molar-refractivity contribution in [2.24, 2.45) is 17.6 Å². The van der Waals surface area contributed by atoms with Gasteiger partial charge in [-0.3, -0.25) is 4.79 Å². The molecule has 1 amide bonds. The van der Waals surface area contributed by atoms with E-state index in [1.807, 2.05) is 18.2 Å². The fourth-order valence-electron chi connectivity index (χ4n) is 3.78. The van der Waals surface area contributed by atoms with Crippen molar-refractivity contribution in [3.8, 4) is 17.6 Å². The minimum absolute atomic E-state index is 0.259. The maximum Gasteiger partial charge on any atom is 0.220 e. The van der Waals surface area contributed by atoms with Gasteiger partial charge in [0.2, 0.25) is 5.91 Å². The molecule has 0 bridgehead atoms. The number of nitriles is 1. The van der Waals surface area contributed by atoms with Crippen LogP contribution < -0.4 is 15.2 Å². The highest BCUT2D eigenvalue weighted by Gasteiger charge is 2.47. The molecule has 0 aliphatic heterocycles. The van der Waals surface area contributed by atoms with E-state index in [-0.39, 0.29) is 11.8 Å². The van der Waals surface area contributed by atoms with Crippen LogP contribution in [0.4, 0.5) is 0 Å². The molecule has 1 aromatic rings. The predicted octanol–water partition coefficient (Wildman–Crippen LogP) is 2.55. The molecule has 6 heteroatoms. The van der Waals surface area contributed by atoms with Gasteiger partial charge in [-0.25, -0.2) is 0 Å². The smallest absolute Gasteiger partial charge is 0.220 e. The molecule has 1 unspecified atom stereocenters. The third-order valence-corrected chi connectivity index (χ3v) is 5.67. The summed E-state index contributed by atoms with van der Waals surface area (Å²) in [5, 5.41) is 10.0. The second-order valence-corrected chi connectivity index (χ2v) is 7.30. The first-order valence-corrected chi connectivity index (χ1v) is 9.08. The molecule has 6 nitrogen and oxygen atoms in total. The maximum absolute atomic E-state index is 11.6. The normalized spacial score (nSPS) is 28.2. The van der Waals surface area contributed by atoms with E-state index >= 15 is 0 Å². The fraction of sp³-hybridized carbons (Fsp3) is 0.600. The van der Waals surface area contributed by atoms with Crippen molar-refractivity contribution in [1.29, 1.82) is 5.26 Å². The van der Waals surface area contributed by atoms with E-state index < -0.39 is 11.5 Å². The van der Waals surface area contributed by atoms with Crippen LogP contribution in [0.15, 0.2) is 18.2 Å². The lowest BCUT2D eigenvalue weighted by Gasteiger charge is -2.41. The number of carbonyl (C=O) groups is 1. The zero-order valence-corrected chi connectivity index (χ0v) is 15.4. The highest BCUT2D eigenvalue weighted by Crippen LogP contribution is 2.45. The Balaban J connectivity index is 1.92. The van der Waals surface area contributed by atoms with E-state index in [0.717, 1.165) is 5.56 Å². The summed E-state index contributed by atoms with van der Waals surface area (Å²) in [5.74, 6) is 1.33. The molecule has 0 spiro atoms. The second kappa shape index (κ2) is 7.55. The molecule has 0 saturated heterocycles. The maximum atomic E-state index is 11.6. The third-order valence-electron chi connectivity index (χ3n) is 5.67. The Morgan fingerprint density at radius 2 is 2.08 bits per heavy atom. The summed E-state index contributed by atoms with van der Waals surface area (Å²) < 4.78 is 17.0. The summed E-state index contributed by atoms with van der Waals surface area (Å²) >= 11 is 0. The first-order valence-electron chi connectivity index (χ1n) is 9.08. The van der Waals surface area contributed by atoms with Crippen LogP contribution in [0, 0.1) is 23.2 Å². The van der Waals surface area contributed by atoms with Gasteiger partial charge in [-0.15, -0.1) is 0 Å². The average molecular weight is 358 g/mol. The van der Waals surface area contributed by atoms with Crippen molar-refractivity contribution in [1.82, 2.24) is 0 Å². The number of hydrogen-bond donors (Lipinski definition) is 1. The molecule has 2 saturated carbocycles. The molecular weight excluding hydrogens is 332 g/mol. The second-order valence-electron chi connectivity index (χ2n) is 7.30. The Kier molecular flexibility index (Phi) is 5.38. The van der Waals surface area contributed by atoms with E-state index in [1.54, 1.807) is 14.2 Å². The molecule has 140 valence electrons. The molecule has 26 heavy (non-hydrogen) atoms. The molecule has 0 heterocycles. The summed E-state index contributed by atoms with van der Waals surface area (Å²) in [6.07, 6.45) is 3.54. The van der Waals surface area contributed by atoms with Crippen LogP contribution in [0.2, 0.25) is 0 Å². The molecule has 2 aliphatic carbocycles. The summed E-state index contributed by atoms with van der Waals surface area (Å²) in [7, 11) is 3.18. The van der Waals surface area contributed by atoms with Gasteiger partial charge in [0.25, 0.3) is 0 Å². The molecule has 3 rings (SSSR count). The van der Waals surface area contributed by atoms with E-state index in [0.29, 0.717) is 43.3 Å².